The summed E-state index contributed by atoms with van der Waals surface area (Å²) < 4.78 is 5.45. The Bertz CT molecular complexity index is 602. The predicted octanol–water partition coefficient (Wildman–Crippen LogP) is 2.03. The van der Waals surface area contributed by atoms with Crippen molar-refractivity contribution in [1.82, 2.24) is 4.90 Å². The van der Waals surface area contributed by atoms with Crippen molar-refractivity contribution in [3.8, 4) is 5.75 Å². The highest BCUT2D eigenvalue weighted by molar-refractivity contribution is 6.30. The van der Waals surface area contributed by atoms with Gasteiger partial charge < -0.3 is 9.84 Å². The van der Waals surface area contributed by atoms with E-state index < -0.39 is 6.10 Å². The Balaban J connectivity index is 1.55. The van der Waals surface area contributed by atoms with Gasteiger partial charge in [-0.3, -0.25) is 14.5 Å². The first kappa shape index (κ1) is 16.0. The quantitative estimate of drug-likeness (QED) is 0.660. The summed E-state index contributed by atoms with van der Waals surface area (Å²) in [6.45, 7) is -0.0233. The highest BCUT2D eigenvalue weighted by atomic mass is 35.5. The van der Waals surface area contributed by atoms with E-state index in [0.29, 0.717) is 23.6 Å². The third kappa shape index (κ3) is 3.41. The Labute approximate surface area is 139 Å². The number of fused-ring (bicyclic) bond motifs is 1. The van der Waals surface area contributed by atoms with E-state index in [1.54, 1.807) is 24.3 Å². The van der Waals surface area contributed by atoms with Gasteiger partial charge in [-0.1, -0.05) is 23.8 Å². The standard InChI is InChI=1S/C17H18ClNO4/c18-11-5-7-13(8-6-11)23-10-12(20)9-19-16(21)14-3-1-2-4-15(14)17(19)22/h1-2,5-8,12,14-15,20H,3-4,9-10H2. The summed E-state index contributed by atoms with van der Waals surface area (Å²) in [5.41, 5.74) is 0. The van der Waals surface area contributed by atoms with Crippen LogP contribution in [0.4, 0.5) is 0 Å². The molecule has 3 rings (SSSR count). The van der Waals surface area contributed by atoms with Crippen molar-refractivity contribution in [1.29, 1.82) is 0 Å². The predicted molar refractivity (Wildman–Crippen MR) is 85.0 cm³/mol. The number of hydrogen-bond donors (Lipinski definition) is 1. The fourth-order valence-electron chi connectivity index (χ4n) is 3.04. The Morgan fingerprint density at radius 1 is 1.13 bits per heavy atom. The lowest BCUT2D eigenvalue weighted by Crippen LogP contribution is -2.40. The number of carbonyl (C=O) groups excluding carboxylic acids is 2. The SMILES string of the molecule is O=C1C2CC=CCC2C(=O)N1CC(O)COc1ccc(Cl)cc1. The van der Waals surface area contributed by atoms with Crippen molar-refractivity contribution in [2.75, 3.05) is 13.2 Å². The zero-order valence-electron chi connectivity index (χ0n) is 12.5. The van der Waals surface area contributed by atoms with E-state index in [2.05, 4.69) is 0 Å². The zero-order chi connectivity index (χ0) is 16.4. The third-order valence-electron chi connectivity index (χ3n) is 4.25. The Hall–Kier alpha value is -1.85. The van der Waals surface area contributed by atoms with Gasteiger partial charge in [0.25, 0.3) is 0 Å². The van der Waals surface area contributed by atoms with Gasteiger partial charge in [-0.25, -0.2) is 0 Å². The molecular weight excluding hydrogens is 318 g/mol. The molecule has 3 atom stereocenters. The Morgan fingerprint density at radius 3 is 2.26 bits per heavy atom. The highest BCUT2D eigenvalue weighted by Gasteiger charge is 2.47. The summed E-state index contributed by atoms with van der Waals surface area (Å²) >= 11 is 5.79. The second-order valence-corrected chi connectivity index (χ2v) is 6.30. The molecule has 0 bridgehead atoms. The largest absolute Gasteiger partial charge is 0.491 e. The Kier molecular flexibility index (Phi) is 4.68. The molecule has 0 radical (unpaired) electrons. The van der Waals surface area contributed by atoms with Crippen LogP contribution < -0.4 is 4.74 Å². The average molecular weight is 336 g/mol. The number of hydrogen-bond acceptors (Lipinski definition) is 4. The highest BCUT2D eigenvalue weighted by Crippen LogP contribution is 2.35. The summed E-state index contributed by atoms with van der Waals surface area (Å²) in [7, 11) is 0. The second-order valence-electron chi connectivity index (χ2n) is 5.86. The molecule has 0 aromatic heterocycles. The number of β-amino-alcohol motifs (C(OH)–C–C–N with tert-alkyl or cyclic N) is 1. The smallest absolute Gasteiger partial charge is 0.233 e. The van der Waals surface area contributed by atoms with Gasteiger partial charge in [-0.05, 0) is 37.1 Å². The molecule has 2 aliphatic rings. The van der Waals surface area contributed by atoms with Crippen LogP contribution in [0.5, 0.6) is 5.75 Å². The van der Waals surface area contributed by atoms with E-state index >= 15 is 0 Å². The number of carbonyl (C=O) groups is 2. The summed E-state index contributed by atoms with van der Waals surface area (Å²) in [4.78, 5) is 25.8. The van der Waals surface area contributed by atoms with Gasteiger partial charge in [-0.15, -0.1) is 0 Å². The minimum Gasteiger partial charge on any atom is -0.491 e. The van der Waals surface area contributed by atoms with Gasteiger partial charge in [0, 0.05) is 5.02 Å². The van der Waals surface area contributed by atoms with Crippen molar-refractivity contribution in [2.24, 2.45) is 11.8 Å². The molecule has 23 heavy (non-hydrogen) atoms. The van der Waals surface area contributed by atoms with Crippen LogP contribution in [0.3, 0.4) is 0 Å². The van der Waals surface area contributed by atoms with E-state index in [1.165, 1.54) is 4.90 Å². The van der Waals surface area contributed by atoms with Crippen LogP contribution in [-0.4, -0.2) is 41.1 Å². The van der Waals surface area contributed by atoms with Crippen LogP contribution >= 0.6 is 11.6 Å². The molecule has 0 saturated carbocycles. The van der Waals surface area contributed by atoms with Crippen LogP contribution in [0.15, 0.2) is 36.4 Å². The fraction of sp³-hybridized carbons (Fsp3) is 0.412. The van der Waals surface area contributed by atoms with Crippen molar-refractivity contribution in [3.63, 3.8) is 0 Å². The summed E-state index contributed by atoms with van der Waals surface area (Å²) in [5.74, 6) is -0.330. The van der Waals surface area contributed by atoms with Crippen molar-refractivity contribution < 1.29 is 19.4 Å². The average Bonchev–Trinajstić information content (AvgIpc) is 2.80. The molecule has 1 fully saturated rings. The molecular formula is C17H18ClNO4. The van der Waals surface area contributed by atoms with Gasteiger partial charge >= 0.3 is 0 Å². The van der Waals surface area contributed by atoms with Crippen LogP contribution in [0.25, 0.3) is 0 Å². The molecule has 3 unspecified atom stereocenters. The van der Waals surface area contributed by atoms with Gasteiger partial charge in [-0.2, -0.15) is 0 Å². The number of aliphatic hydroxyl groups is 1. The van der Waals surface area contributed by atoms with Crippen LogP contribution in [-0.2, 0) is 9.59 Å². The van der Waals surface area contributed by atoms with Gasteiger partial charge in [0.2, 0.25) is 11.8 Å². The number of nitrogens with zero attached hydrogens (tertiary/aromatic N) is 1. The zero-order valence-corrected chi connectivity index (χ0v) is 13.3. The molecule has 1 saturated heterocycles. The van der Waals surface area contributed by atoms with Crippen molar-refractivity contribution >= 4 is 23.4 Å². The first-order valence-electron chi connectivity index (χ1n) is 7.63. The van der Waals surface area contributed by atoms with Gasteiger partial charge in [0.05, 0.1) is 18.4 Å². The number of imide groups is 1. The van der Waals surface area contributed by atoms with E-state index in [0.717, 1.165) is 0 Å². The number of rotatable bonds is 5. The van der Waals surface area contributed by atoms with E-state index in [4.69, 9.17) is 16.3 Å². The number of halogens is 1. The lowest BCUT2D eigenvalue weighted by Gasteiger charge is -2.19. The van der Waals surface area contributed by atoms with E-state index in [9.17, 15) is 14.7 Å². The number of allylic oxidation sites excluding steroid dienone is 2. The first-order valence-corrected chi connectivity index (χ1v) is 8.00. The molecule has 2 amide bonds. The minimum absolute atomic E-state index is 0.00623. The maximum absolute atomic E-state index is 12.3. The van der Waals surface area contributed by atoms with Crippen molar-refractivity contribution in [2.45, 2.75) is 18.9 Å². The molecule has 1 aromatic carbocycles. The van der Waals surface area contributed by atoms with E-state index in [-0.39, 0.29) is 36.8 Å². The molecule has 1 aliphatic carbocycles. The number of amides is 2. The number of likely N-dealkylation sites (tertiary alicyclic amines) is 1. The summed E-state index contributed by atoms with van der Waals surface area (Å²) in [5, 5.41) is 10.7. The van der Waals surface area contributed by atoms with Crippen LogP contribution in [0.1, 0.15) is 12.8 Å². The van der Waals surface area contributed by atoms with Gasteiger partial charge in [0.15, 0.2) is 0 Å². The topological polar surface area (TPSA) is 66.8 Å². The van der Waals surface area contributed by atoms with Gasteiger partial charge in [0.1, 0.15) is 18.5 Å². The summed E-state index contributed by atoms with van der Waals surface area (Å²) in [6.07, 6.45) is 4.16. The minimum atomic E-state index is -0.924. The maximum Gasteiger partial charge on any atom is 0.233 e. The first-order chi connectivity index (χ1) is 11.1. The van der Waals surface area contributed by atoms with E-state index in [1.807, 2.05) is 12.2 Å². The molecule has 0 spiro atoms. The Morgan fingerprint density at radius 2 is 1.70 bits per heavy atom. The molecule has 1 aliphatic heterocycles. The number of aliphatic hydroxyl groups excluding tert-OH is 1. The summed E-state index contributed by atoms with van der Waals surface area (Å²) in [6, 6.07) is 6.77. The molecule has 122 valence electrons. The maximum atomic E-state index is 12.3. The normalized spacial score (nSPS) is 24.7. The number of benzene rings is 1. The monoisotopic (exact) mass is 335 g/mol. The number of ether oxygens (including phenoxy) is 1. The lowest BCUT2D eigenvalue weighted by atomic mass is 9.85. The molecule has 5 nitrogen and oxygen atoms in total. The third-order valence-corrected chi connectivity index (χ3v) is 4.50. The molecule has 1 heterocycles. The van der Waals surface area contributed by atoms with Crippen LogP contribution in [0, 0.1) is 11.8 Å². The lowest BCUT2D eigenvalue weighted by molar-refractivity contribution is -0.141. The fourth-order valence-corrected chi connectivity index (χ4v) is 3.16. The second kappa shape index (κ2) is 6.72. The van der Waals surface area contributed by atoms with Crippen molar-refractivity contribution in [3.05, 3.63) is 41.4 Å². The molecule has 1 aromatic rings. The molecule has 6 heteroatoms. The molecule has 1 N–H and O–H groups in total. The van der Waals surface area contributed by atoms with Crippen LogP contribution in [0.2, 0.25) is 5.02 Å².